The van der Waals surface area contributed by atoms with Gasteiger partial charge in [0.15, 0.2) is 0 Å². The predicted octanol–water partition coefficient (Wildman–Crippen LogP) is 2.92. The molecular weight excluding hydrogens is 162 g/mol. The van der Waals surface area contributed by atoms with Crippen LogP contribution in [0.2, 0.25) is 0 Å². The minimum Gasteiger partial charge on any atom is -0.460 e. The van der Waals surface area contributed by atoms with Crippen LogP contribution < -0.4 is 0 Å². The fourth-order valence-corrected chi connectivity index (χ4v) is 1.47. The van der Waals surface area contributed by atoms with Crippen molar-refractivity contribution in [2.75, 3.05) is 0 Å². The van der Waals surface area contributed by atoms with Crippen molar-refractivity contribution in [2.45, 2.75) is 13.8 Å². The van der Waals surface area contributed by atoms with Crippen molar-refractivity contribution in [3.05, 3.63) is 35.1 Å². The predicted molar refractivity (Wildman–Crippen MR) is 50.4 cm³/mol. The molecular formula is C11H9NO. The molecule has 0 spiro atoms. The number of benzene rings is 1. The summed E-state index contributed by atoms with van der Waals surface area (Å²) in [6, 6.07) is 8.01. The van der Waals surface area contributed by atoms with E-state index in [9.17, 15) is 0 Å². The summed E-state index contributed by atoms with van der Waals surface area (Å²) in [5.41, 5.74) is 2.59. The fraction of sp³-hybridized carbons (Fsp3) is 0.182. The van der Waals surface area contributed by atoms with Crippen molar-refractivity contribution in [2.24, 2.45) is 0 Å². The van der Waals surface area contributed by atoms with Crippen molar-refractivity contribution < 1.29 is 4.42 Å². The zero-order valence-corrected chi connectivity index (χ0v) is 7.59. The quantitative estimate of drug-likeness (QED) is 0.611. The summed E-state index contributed by atoms with van der Waals surface area (Å²) in [6.07, 6.45) is 0. The Labute approximate surface area is 76.4 Å². The van der Waals surface area contributed by atoms with E-state index in [1.165, 1.54) is 0 Å². The Morgan fingerprint density at radius 2 is 2.08 bits per heavy atom. The molecule has 0 bridgehead atoms. The molecule has 2 aromatic rings. The van der Waals surface area contributed by atoms with Gasteiger partial charge in [0.1, 0.15) is 23.0 Å². The van der Waals surface area contributed by atoms with Crippen molar-refractivity contribution in [3.63, 3.8) is 0 Å². The molecule has 0 fully saturated rings. The van der Waals surface area contributed by atoms with Crippen LogP contribution >= 0.6 is 0 Å². The molecule has 0 aliphatic carbocycles. The number of fused-ring (bicyclic) bond motifs is 1. The first-order valence-corrected chi connectivity index (χ1v) is 4.12. The Morgan fingerprint density at radius 3 is 2.77 bits per heavy atom. The lowest BCUT2D eigenvalue weighted by atomic mass is 10.1. The van der Waals surface area contributed by atoms with Crippen LogP contribution in [0.3, 0.4) is 0 Å². The molecule has 1 aromatic heterocycles. The summed E-state index contributed by atoms with van der Waals surface area (Å²) < 4.78 is 5.42. The van der Waals surface area contributed by atoms with Gasteiger partial charge in [-0.05, 0) is 26.0 Å². The van der Waals surface area contributed by atoms with Gasteiger partial charge in [-0.3, -0.25) is 0 Å². The Morgan fingerprint density at radius 1 is 1.31 bits per heavy atom. The molecule has 0 unspecified atom stereocenters. The van der Waals surface area contributed by atoms with Crippen LogP contribution in [0.5, 0.6) is 0 Å². The average Bonchev–Trinajstić information content (AvgIpc) is 2.40. The Balaban J connectivity index is 2.91. The number of aryl methyl sites for hydroxylation is 2. The highest BCUT2D eigenvalue weighted by molar-refractivity contribution is 5.85. The second-order valence-electron chi connectivity index (χ2n) is 3.14. The monoisotopic (exact) mass is 171 g/mol. The van der Waals surface area contributed by atoms with Crippen molar-refractivity contribution >= 4 is 11.0 Å². The van der Waals surface area contributed by atoms with Gasteiger partial charge in [0.05, 0.1) is 0 Å². The molecule has 2 nitrogen and oxygen atoms in total. The van der Waals surface area contributed by atoms with Crippen LogP contribution in [0.1, 0.15) is 16.9 Å². The molecule has 2 heteroatoms. The summed E-state index contributed by atoms with van der Waals surface area (Å²) in [5, 5.41) is 9.80. The van der Waals surface area contributed by atoms with E-state index in [4.69, 9.17) is 9.68 Å². The van der Waals surface area contributed by atoms with Gasteiger partial charge in [0.2, 0.25) is 0 Å². The fourth-order valence-electron chi connectivity index (χ4n) is 1.47. The maximum atomic E-state index is 8.89. The smallest absolute Gasteiger partial charge is 0.135 e. The highest BCUT2D eigenvalue weighted by atomic mass is 16.3. The van der Waals surface area contributed by atoms with Gasteiger partial charge in [-0.2, -0.15) is 5.26 Å². The molecule has 2 rings (SSSR count). The Hall–Kier alpha value is -1.75. The maximum absolute atomic E-state index is 8.89. The van der Waals surface area contributed by atoms with Crippen LogP contribution in [-0.4, -0.2) is 0 Å². The zero-order valence-electron chi connectivity index (χ0n) is 7.59. The molecule has 1 heterocycles. The summed E-state index contributed by atoms with van der Waals surface area (Å²) >= 11 is 0. The second kappa shape index (κ2) is 2.63. The lowest BCUT2D eigenvalue weighted by Gasteiger charge is -1.90. The van der Waals surface area contributed by atoms with Crippen molar-refractivity contribution in [3.8, 4) is 6.07 Å². The lowest BCUT2D eigenvalue weighted by molar-refractivity contribution is 0.577. The molecule has 0 saturated carbocycles. The number of nitrogens with zero attached hydrogens (tertiary/aromatic N) is 1. The van der Waals surface area contributed by atoms with E-state index in [2.05, 4.69) is 6.07 Å². The minimum absolute atomic E-state index is 0.652. The Bertz CT molecular complexity index is 503. The number of hydrogen-bond donors (Lipinski definition) is 0. The maximum Gasteiger partial charge on any atom is 0.135 e. The number of furan rings is 1. The van der Waals surface area contributed by atoms with E-state index in [0.29, 0.717) is 11.3 Å². The topological polar surface area (TPSA) is 36.9 Å². The van der Waals surface area contributed by atoms with E-state index in [-0.39, 0.29) is 0 Å². The summed E-state index contributed by atoms with van der Waals surface area (Å²) in [6.45, 7) is 3.82. The molecule has 0 N–H and O–H groups in total. The van der Waals surface area contributed by atoms with Gasteiger partial charge in [-0.1, -0.05) is 11.6 Å². The number of nitriles is 1. The lowest BCUT2D eigenvalue weighted by Crippen LogP contribution is -1.74. The molecule has 0 atom stereocenters. The van der Waals surface area contributed by atoms with Crippen LogP contribution in [0, 0.1) is 25.2 Å². The first-order chi connectivity index (χ1) is 6.22. The molecule has 64 valence electrons. The largest absolute Gasteiger partial charge is 0.460 e. The van der Waals surface area contributed by atoms with Gasteiger partial charge in [0, 0.05) is 5.39 Å². The van der Waals surface area contributed by atoms with E-state index in [1.807, 2.05) is 32.0 Å². The third-order valence-electron chi connectivity index (χ3n) is 2.13. The van der Waals surface area contributed by atoms with Gasteiger partial charge in [-0.25, -0.2) is 0 Å². The number of rotatable bonds is 0. The normalized spacial score (nSPS) is 10.2. The van der Waals surface area contributed by atoms with E-state index in [1.54, 1.807) is 0 Å². The Kier molecular flexibility index (Phi) is 1.60. The summed E-state index contributed by atoms with van der Waals surface area (Å²) in [7, 11) is 0. The van der Waals surface area contributed by atoms with Gasteiger partial charge in [0.25, 0.3) is 0 Å². The molecule has 13 heavy (non-hydrogen) atoms. The first-order valence-electron chi connectivity index (χ1n) is 4.12. The zero-order chi connectivity index (χ0) is 9.42. The first kappa shape index (κ1) is 7.88. The van der Waals surface area contributed by atoms with Crippen LogP contribution in [0.25, 0.3) is 11.0 Å². The van der Waals surface area contributed by atoms with E-state index >= 15 is 0 Å². The molecule has 1 aromatic carbocycles. The van der Waals surface area contributed by atoms with Gasteiger partial charge >= 0.3 is 0 Å². The van der Waals surface area contributed by atoms with E-state index < -0.39 is 0 Å². The summed E-state index contributed by atoms with van der Waals surface area (Å²) in [4.78, 5) is 0. The SMILES string of the molecule is Cc1ccc2oc(C)c(C#N)c2c1. The van der Waals surface area contributed by atoms with E-state index in [0.717, 1.165) is 16.5 Å². The van der Waals surface area contributed by atoms with Gasteiger partial charge < -0.3 is 4.42 Å². The highest BCUT2D eigenvalue weighted by Crippen LogP contribution is 2.25. The van der Waals surface area contributed by atoms with Crippen LogP contribution in [-0.2, 0) is 0 Å². The summed E-state index contributed by atoms with van der Waals surface area (Å²) in [5.74, 6) is 0.697. The number of hydrogen-bond acceptors (Lipinski definition) is 2. The average molecular weight is 171 g/mol. The molecule has 0 saturated heterocycles. The molecule has 0 aliphatic heterocycles. The molecule has 0 aliphatic rings. The van der Waals surface area contributed by atoms with Crippen LogP contribution in [0.15, 0.2) is 22.6 Å². The minimum atomic E-state index is 0.652. The molecule has 0 amide bonds. The second-order valence-corrected chi connectivity index (χ2v) is 3.14. The highest BCUT2D eigenvalue weighted by Gasteiger charge is 2.09. The van der Waals surface area contributed by atoms with Crippen molar-refractivity contribution in [1.82, 2.24) is 0 Å². The molecule has 0 radical (unpaired) electrons. The third kappa shape index (κ3) is 1.09. The standard InChI is InChI=1S/C11H9NO/c1-7-3-4-11-9(5-7)10(6-12)8(2)13-11/h3-5H,1-2H3. The van der Waals surface area contributed by atoms with Crippen LogP contribution in [0.4, 0.5) is 0 Å². The van der Waals surface area contributed by atoms with Crippen molar-refractivity contribution in [1.29, 1.82) is 5.26 Å². The van der Waals surface area contributed by atoms with Gasteiger partial charge in [-0.15, -0.1) is 0 Å². The third-order valence-corrected chi connectivity index (χ3v) is 2.13.